The van der Waals surface area contributed by atoms with Crippen LogP contribution in [0.1, 0.15) is 10.5 Å². The molecule has 0 bridgehead atoms. The molecule has 0 unspecified atom stereocenters. The molecule has 1 aliphatic rings. The molecule has 25 heavy (non-hydrogen) atoms. The lowest BCUT2D eigenvalue weighted by molar-refractivity contribution is 0.0737. The van der Waals surface area contributed by atoms with Crippen molar-refractivity contribution in [3.05, 3.63) is 60.2 Å². The minimum absolute atomic E-state index is 0.0141. The number of aromatic nitrogens is 2. The van der Waals surface area contributed by atoms with Crippen molar-refractivity contribution >= 4 is 22.6 Å². The number of benzene rings is 1. The first-order valence-corrected chi connectivity index (χ1v) is 8.34. The Bertz CT molecular complexity index is 914. The van der Waals surface area contributed by atoms with Crippen molar-refractivity contribution < 1.29 is 9.18 Å². The highest BCUT2D eigenvalue weighted by atomic mass is 19.1. The van der Waals surface area contributed by atoms with Crippen LogP contribution >= 0.6 is 0 Å². The van der Waals surface area contributed by atoms with E-state index < -0.39 is 0 Å². The number of pyridine rings is 1. The highest BCUT2D eigenvalue weighted by Crippen LogP contribution is 2.22. The number of nitrogens with zero attached hydrogens (tertiary/aromatic N) is 4. The van der Waals surface area contributed by atoms with Gasteiger partial charge in [0.25, 0.3) is 5.91 Å². The SMILES string of the molecule is Cn1c(C(=O)N2CCN(c3ccccn3)CC2)cc2cc(F)ccc21. The molecule has 1 amide bonds. The quantitative estimate of drug-likeness (QED) is 0.721. The van der Waals surface area contributed by atoms with Crippen molar-refractivity contribution in [1.29, 1.82) is 0 Å². The Hall–Kier alpha value is -2.89. The fraction of sp³-hybridized carbons (Fsp3) is 0.263. The van der Waals surface area contributed by atoms with Crippen molar-refractivity contribution in [1.82, 2.24) is 14.5 Å². The van der Waals surface area contributed by atoms with Gasteiger partial charge >= 0.3 is 0 Å². The number of aryl methyl sites for hydroxylation is 1. The van der Waals surface area contributed by atoms with E-state index in [2.05, 4.69) is 9.88 Å². The summed E-state index contributed by atoms with van der Waals surface area (Å²) in [6, 6.07) is 12.2. The van der Waals surface area contributed by atoms with E-state index in [0.717, 1.165) is 29.8 Å². The van der Waals surface area contributed by atoms with Crippen molar-refractivity contribution in [2.24, 2.45) is 7.05 Å². The van der Waals surface area contributed by atoms with Crippen LogP contribution in [0.5, 0.6) is 0 Å². The van der Waals surface area contributed by atoms with Gasteiger partial charge in [0.15, 0.2) is 0 Å². The molecule has 1 saturated heterocycles. The number of rotatable bonds is 2. The number of piperazine rings is 1. The van der Waals surface area contributed by atoms with Gasteiger partial charge in [0.1, 0.15) is 17.3 Å². The van der Waals surface area contributed by atoms with Crippen LogP contribution in [0.15, 0.2) is 48.7 Å². The molecule has 0 aliphatic carbocycles. The molecule has 3 heterocycles. The van der Waals surface area contributed by atoms with E-state index >= 15 is 0 Å². The molecular formula is C19H19FN4O. The zero-order valence-electron chi connectivity index (χ0n) is 14.0. The average molecular weight is 338 g/mol. The summed E-state index contributed by atoms with van der Waals surface area (Å²) < 4.78 is 15.3. The molecule has 0 spiro atoms. The van der Waals surface area contributed by atoms with Crippen LogP contribution < -0.4 is 4.90 Å². The maximum atomic E-state index is 13.4. The van der Waals surface area contributed by atoms with Gasteiger partial charge in [-0.25, -0.2) is 9.37 Å². The summed E-state index contributed by atoms with van der Waals surface area (Å²) in [7, 11) is 1.84. The van der Waals surface area contributed by atoms with E-state index in [0.29, 0.717) is 18.8 Å². The lowest BCUT2D eigenvalue weighted by atomic mass is 10.2. The normalized spacial score (nSPS) is 15.0. The van der Waals surface area contributed by atoms with Crippen LogP contribution in [0.3, 0.4) is 0 Å². The zero-order chi connectivity index (χ0) is 17.4. The fourth-order valence-electron chi connectivity index (χ4n) is 3.37. The van der Waals surface area contributed by atoms with Crippen LogP contribution in [0, 0.1) is 5.82 Å². The number of carbonyl (C=O) groups is 1. The minimum atomic E-state index is -0.291. The van der Waals surface area contributed by atoms with Crippen LogP contribution in [-0.4, -0.2) is 46.5 Å². The van der Waals surface area contributed by atoms with Gasteiger partial charge in [0, 0.05) is 50.3 Å². The van der Waals surface area contributed by atoms with E-state index in [1.54, 1.807) is 18.3 Å². The molecule has 1 aliphatic heterocycles. The molecule has 0 radical (unpaired) electrons. The summed E-state index contributed by atoms with van der Waals surface area (Å²) in [4.78, 5) is 21.3. The maximum absolute atomic E-state index is 13.4. The van der Waals surface area contributed by atoms with E-state index in [4.69, 9.17) is 0 Å². The Morgan fingerprint density at radius 3 is 2.60 bits per heavy atom. The highest BCUT2D eigenvalue weighted by molar-refractivity contribution is 5.98. The molecule has 4 rings (SSSR count). The summed E-state index contributed by atoms with van der Waals surface area (Å²) in [6.07, 6.45) is 1.78. The van der Waals surface area contributed by atoms with Gasteiger partial charge in [-0.3, -0.25) is 4.79 Å². The molecule has 1 fully saturated rings. The van der Waals surface area contributed by atoms with Gasteiger partial charge in [-0.15, -0.1) is 0 Å². The third-order valence-electron chi connectivity index (χ3n) is 4.76. The van der Waals surface area contributed by atoms with Crippen LogP contribution in [0.4, 0.5) is 10.2 Å². The van der Waals surface area contributed by atoms with E-state index in [9.17, 15) is 9.18 Å². The van der Waals surface area contributed by atoms with E-state index in [1.165, 1.54) is 12.1 Å². The number of fused-ring (bicyclic) bond motifs is 1. The standard InChI is InChI=1S/C19H19FN4O/c1-22-16-6-5-15(20)12-14(16)13-17(22)19(25)24-10-8-23(9-11-24)18-4-2-3-7-21-18/h2-7,12-13H,8-11H2,1H3. The maximum Gasteiger partial charge on any atom is 0.270 e. The molecule has 3 aromatic rings. The predicted octanol–water partition coefficient (Wildman–Crippen LogP) is 2.67. The summed E-state index contributed by atoms with van der Waals surface area (Å²) in [5, 5.41) is 0.748. The second kappa shape index (κ2) is 6.20. The van der Waals surface area contributed by atoms with Crippen molar-refractivity contribution in [3.8, 4) is 0 Å². The zero-order valence-corrected chi connectivity index (χ0v) is 14.0. The third-order valence-corrected chi connectivity index (χ3v) is 4.76. The molecule has 0 N–H and O–H groups in total. The largest absolute Gasteiger partial charge is 0.353 e. The van der Waals surface area contributed by atoms with Gasteiger partial charge in [0.05, 0.1) is 0 Å². The molecule has 0 saturated carbocycles. The van der Waals surface area contributed by atoms with Crippen LogP contribution in [-0.2, 0) is 7.05 Å². The van der Waals surface area contributed by atoms with Crippen molar-refractivity contribution in [2.45, 2.75) is 0 Å². The Morgan fingerprint density at radius 2 is 1.88 bits per heavy atom. The number of hydrogen-bond acceptors (Lipinski definition) is 3. The first-order chi connectivity index (χ1) is 12.1. The van der Waals surface area contributed by atoms with Gasteiger partial charge in [-0.2, -0.15) is 0 Å². The summed E-state index contributed by atoms with van der Waals surface area (Å²) in [5.41, 5.74) is 1.45. The second-order valence-electron chi connectivity index (χ2n) is 6.26. The third kappa shape index (κ3) is 2.84. The summed E-state index contributed by atoms with van der Waals surface area (Å²) in [6.45, 7) is 2.79. The minimum Gasteiger partial charge on any atom is -0.353 e. The smallest absolute Gasteiger partial charge is 0.270 e. The molecule has 1 aromatic carbocycles. The topological polar surface area (TPSA) is 41.4 Å². The number of halogens is 1. The van der Waals surface area contributed by atoms with Crippen LogP contribution in [0.25, 0.3) is 10.9 Å². The Morgan fingerprint density at radius 1 is 1.08 bits per heavy atom. The van der Waals surface area contributed by atoms with E-state index in [1.807, 2.05) is 34.7 Å². The van der Waals surface area contributed by atoms with E-state index in [-0.39, 0.29) is 11.7 Å². The predicted molar refractivity (Wildman–Crippen MR) is 95.2 cm³/mol. The number of hydrogen-bond donors (Lipinski definition) is 0. The molecule has 128 valence electrons. The Balaban J connectivity index is 1.52. The second-order valence-corrected chi connectivity index (χ2v) is 6.26. The number of anilines is 1. The monoisotopic (exact) mass is 338 g/mol. The van der Waals surface area contributed by atoms with Gasteiger partial charge in [-0.1, -0.05) is 6.07 Å². The molecule has 0 atom stereocenters. The number of carbonyl (C=O) groups excluding carboxylic acids is 1. The first-order valence-electron chi connectivity index (χ1n) is 8.34. The molecule has 6 heteroatoms. The summed E-state index contributed by atoms with van der Waals surface area (Å²) >= 11 is 0. The highest BCUT2D eigenvalue weighted by Gasteiger charge is 2.25. The van der Waals surface area contributed by atoms with Gasteiger partial charge in [0.2, 0.25) is 0 Å². The number of amides is 1. The average Bonchev–Trinajstić information content (AvgIpc) is 2.98. The molecular weight excluding hydrogens is 319 g/mol. The lowest BCUT2D eigenvalue weighted by Crippen LogP contribution is -2.49. The Labute approximate surface area is 145 Å². The summed E-state index contributed by atoms with van der Waals surface area (Å²) in [5.74, 6) is 0.635. The van der Waals surface area contributed by atoms with Crippen molar-refractivity contribution in [3.63, 3.8) is 0 Å². The van der Waals surface area contributed by atoms with Gasteiger partial charge < -0.3 is 14.4 Å². The lowest BCUT2D eigenvalue weighted by Gasteiger charge is -2.35. The van der Waals surface area contributed by atoms with Crippen LogP contribution in [0.2, 0.25) is 0 Å². The molecule has 5 nitrogen and oxygen atoms in total. The Kier molecular flexibility index (Phi) is 3.87. The fourth-order valence-corrected chi connectivity index (χ4v) is 3.37. The first kappa shape index (κ1) is 15.6. The molecule has 2 aromatic heterocycles. The van der Waals surface area contributed by atoms with Crippen molar-refractivity contribution in [2.75, 3.05) is 31.1 Å². The van der Waals surface area contributed by atoms with Gasteiger partial charge in [-0.05, 0) is 36.4 Å².